The highest BCUT2D eigenvalue weighted by Crippen LogP contribution is 2.76. The van der Waals surface area contributed by atoms with E-state index in [-0.39, 0.29) is 34.5 Å². The summed E-state index contributed by atoms with van der Waals surface area (Å²) in [7, 11) is 0. The SMILES string of the molecule is CC(C)=CCC[C@](C)(O[C@@H]1O[C@H](CO[C@H]2O[C@H](CO)[C@@H](O)[C@@H]2O[C@@H]2OC[C@@H](O)[C@H](O)[C@H]2O)[C@@H](O)[C@H](O)[C@H]1O)C1CC[C@]2(C)C1C(O)CC1C3(C)CCC(O[C@@H]4O[C@H](CO)[C@@H](O)[C@H](O)[C@H]4O[C@@H]4O[C@H](CO)[C@@H](O)[C@H](O)[C@H]4O)C(C)(C)C3CCC12C. The molecule has 5 saturated heterocycles. The van der Waals surface area contributed by atoms with Crippen molar-refractivity contribution in [3.63, 3.8) is 0 Å². The van der Waals surface area contributed by atoms with Crippen LogP contribution < -0.4 is 0 Å². The van der Waals surface area contributed by atoms with Crippen LogP contribution in [0.25, 0.3) is 0 Å². The van der Waals surface area contributed by atoms with E-state index in [9.17, 15) is 81.7 Å². The summed E-state index contributed by atoms with van der Waals surface area (Å²) >= 11 is 0. The first kappa shape index (κ1) is 67.1. The molecule has 486 valence electrons. The van der Waals surface area contributed by atoms with Crippen molar-refractivity contribution in [1.82, 2.24) is 0 Å². The van der Waals surface area contributed by atoms with E-state index in [4.69, 9.17) is 47.4 Å². The van der Waals surface area contributed by atoms with Gasteiger partial charge in [-0.25, -0.2) is 0 Å². The molecular weight excluding hydrogens is 1110 g/mol. The van der Waals surface area contributed by atoms with Gasteiger partial charge in [-0.1, -0.05) is 46.3 Å². The van der Waals surface area contributed by atoms with Gasteiger partial charge in [0.2, 0.25) is 0 Å². The highest BCUT2D eigenvalue weighted by Gasteiger charge is 2.72. The summed E-state index contributed by atoms with van der Waals surface area (Å²) in [5.74, 6) is -0.565. The van der Waals surface area contributed by atoms with E-state index in [1.807, 2.05) is 20.8 Å². The number of fused-ring (bicyclic) bond motifs is 5. The van der Waals surface area contributed by atoms with Gasteiger partial charge in [0.15, 0.2) is 31.5 Å². The summed E-state index contributed by atoms with van der Waals surface area (Å²) in [6.07, 6.45) is -29.8. The molecule has 26 heteroatoms. The number of rotatable bonds is 18. The van der Waals surface area contributed by atoms with Gasteiger partial charge in [-0.15, -0.1) is 0 Å². The van der Waals surface area contributed by atoms with Gasteiger partial charge in [-0.3, -0.25) is 0 Å². The minimum Gasteiger partial charge on any atom is -0.394 e. The zero-order chi connectivity index (χ0) is 61.5. The van der Waals surface area contributed by atoms with Crippen LogP contribution in [-0.4, -0.2) is 274 Å². The van der Waals surface area contributed by atoms with Crippen molar-refractivity contribution in [2.45, 2.75) is 272 Å². The van der Waals surface area contributed by atoms with Crippen LogP contribution in [0.3, 0.4) is 0 Å². The van der Waals surface area contributed by atoms with Gasteiger partial charge in [0.25, 0.3) is 0 Å². The molecule has 4 aliphatic carbocycles. The summed E-state index contributed by atoms with van der Waals surface area (Å²) in [4.78, 5) is 0. The Kier molecular flexibility index (Phi) is 20.6. The average molecular weight is 1210 g/mol. The van der Waals surface area contributed by atoms with Gasteiger partial charge in [-0.2, -0.15) is 0 Å². The molecule has 8 unspecified atom stereocenters. The maximum atomic E-state index is 12.9. The van der Waals surface area contributed by atoms with Crippen LogP contribution in [0.4, 0.5) is 0 Å². The van der Waals surface area contributed by atoms with Gasteiger partial charge in [0.05, 0.1) is 50.8 Å². The van der Waals surface area contributed by atoms with E-state index >= 15 is 0 Å². The third-order valence-corrected chi connectivity index (χ3v) is 22.3. The molecule has 33 atom stereocenters. The molecule has 9 aliphatic rings. The van der Waals surface area contributed by atoms with Crippen LogP contribution >= 0.6 is 0 Å². The topological polar surface area (TPSA) is 416 Å². The van der Waals surface area contributed by atoms with Gasteiger partial charge in [0, 0.05) is 0 Å². The number of hydrogen-bond donors (Lipinski definition) is 16. The minimum absolute atomic E-state index is 0.0176. The molecule has 0 bridgehead atoms. The lowest BCUT2D eigenvalue weighted by Gasteiger charge is -2.71. The number of aliphatic hydroxyl groups is 16. The number of aliphatic hydroxyl groups excluding tert-OH is 16. The Labute approximate surface area is 490 Å². The fourth-order valence-corrected chi connectivity index (χ4v) is 17.2. The van der Waals surface area contributed by atoms with E-state index in [0.29, 0.717) is 38.5 Å². The molecule has 4 saturated carbocycles. The highest BCUT2D eigenvalue weighted by atomic mass is 16.8. The van der Waals surface area contributed by atoms with Crippen LogP contribution in [0.2, 0.25) is 0 Å². The van der Waals surface area contributed by atoms with Crippen molar-refractivity contribution >= 4 is 0 Å². The second-order valence-corrected chi connectivity index (χ2v) is 27.6. The van der Waals surface area contributed by atoms with Crippen LogP contribution in [-0.2, 0) is 47.4 Å². The van der Waals surface area contributed by atoms with Crippen molar-refractivity contribution in [3.8, 4) is 0 Å². The maximum Gasteiger partial charge on any atom is 0.187 e. The standard InChI is InChI=1S/C58H98O26/c1-24(2)10-9-14-58(8,84-51-46(74)42(70)39(67)31(80-51)23-76-52-47(40(68)30(21-61)78-52)82-49-44(72)36(64)27(63)22-75-49)25-11-16-57(7)35(25)26(62)18-33-55(5)15-13-34(54(3,4)32(55)12-17-56(33,57)6)81-53-48(43(71)38(66)29(20-60)79-53)83-50-45(73)41(69)37(65)28(19-59)77-50/h10,25-53,59-74H,9,11-23H2,1-8H3/t25?,26?,27-,28-,29-,30-,31-,32?,33?,34?,35?,36+,37-,38-,39-,40-,41+,42+,43+,44-,45-,46-,47+,48-,49+,50+,51+,52+,53+,55?,56?,57-,58+/m1/s1. The molecule has 0 spiro atoms. The Balaban J connectivity index is 0.918. The Hall–Kier alpha value is -1.30. The lowest BCUT2D eigenvalue weighted by molar-refractivity contribution is -0.378. The monoisotopic (exact) mass is 1210 g/mol. The second-order valence-electron chi connectivity index (χ2n) is 27.6. The van der Waals surface area contributed by atoms with Crippen molar-refractivity contribution < 1.29 is 129 Å². The third-order valence-electron chi connectivity index (χ3n) is 22.3. The van der Waals surface area contributed by atoms with Gasteiger partial charge in [-0.05, 0) is 124 Å². The lowest BCUT2D eigenvalue weighted by Crippen LogP contribution is -2.68. The summed E-state index contributed by atoms with van der Waals surface area (Å²) in [5.41, 5.74) is -1.72. The summed E-state index contributed by atoms with van der Waals surface area (Å²) in [6.45, 7) is 14.1. The van der Waals surface area contributed by atoms with Crippen LogP contribution in [0.15, 0.2) is 11.6 Å². The zero-order valence-corrected chi connectivity index (χ0v) is 49.5. The molecule has 5 heterocycles. The molecule has 5 aliphatic heterocycles. The molecule has 26 nitrogen and oxygen atoms in total. The Morgan fingerprint density at radius 2 is 1.06 bits per heavy atom. The fourth-order valence-electron chi connectivity index (χ4n) is 17.2. The van der Waals surface area contributed by atoms with Crippen molar-refractivity contribution in [2.75, 3.05) is 33.0 Å². The molecule has 9 fully saturated rings. The first-order chi connectivity index (χ1) is 39.4. The van der Waals surface area contributed by atoms with E-state index in [1.54, 1.807) is 0 Å². The molecule has 0 aromatic rings. The molecule has 0 aromatic heterocycles. The van der Waals surface area contributed by atoms with Gasteiger partial charge < -0.3 is 129 Å². The quantitative estimate of drug-likeness (QED) is 0.0477. The van der Waals surface area contributed by atoms with E-state index in [1.165, 1.54) is 0 Å². The Morgan fingerprint density at radius 1 is 0.524 bits per heavy atom. The molecule has 0 radical (unpaired) electrons. The van der Waals surface area contributed by atoms with Crippen molar-refractivity contribution in [3.05, 3.63) is 11.6 Å². The number of hydrogen-bond acceptors (Lipinski definition) is 26. The highest BCUT2D eigenvalue weighted by molar-refractivity contribution is 5.21. The molecular formula is C58H98O26. The maximum absolute atomic E-state index is 12.9. The van der Waals surface area contributed by atoms with E-state index in [0.717, 1.165) is 24.8 Å². The van der Waals surface area contributed by atoms with Crippen molar-refractivity contribution in [2.24, 2.45) is 45.3 Å². The smallest absolute Gasteiger partial charge is 0.187 e. The summed E-state index contributed by atoms with van der Waals surface area (Å²) < 4.78 is 60.9. The first-order valence-corrected chi connectivity index (χ1v) is 30.2. The fraction of sp³-hybridized carbons (Fsp3) is 0.966. The van der Waals surface area contributed by atoms with E-state index < -0.39 is 203 Å². The van der Waals surface area contributed by atoms with Crippen LogP contribution in [0.5, 0.6) is 0 Å². The minimum atomic E-state index is -1.83. The molecule has 84 heavy (non-hydrogen) atoms. The molecule has 0 aromatic carbocycles. The normalized spacial score (nSPS) is 52.9. The Bertz CT molecular complexity index is 2210. The summed E-state index contributed by atoms with van der Waals surface area (Å²) in [5, 5.41) is 174. The number of allylic oxidation sites excluding steroid dienone is 2. The predicted octanol–water partition coefficient (Wildman–Crippen LogP) is -3.10. The molecule has 9 rings (SSSR count). The first-order valence-electron chi connectivity index (χ1n) is 30.2. The molecule has 16 N–H and O–H groups in total. The molecule has 0 amide bonds. The zero-order valence-electron chi connectivity index (χ0n) is 49.5. The van der Waals surface area contributed by atoms with Crippen LogP contribution in [0.1, 0.15) is 113 Å². The Morgan fingerprint density at radius 3 is 1.70 bits per heavy atom. The second kappa shape index (κ2) is 25.8. The largest absolute Gasteiger partial charge is 0.394 e. The number of ether oxygens (including phenoxy) is 10. The van der Waals surface area contributed by atoms with E-state index in [2.05, 4.69) is 40.7 Å². The van der Waals surface area contributed by atoms with Gasteiger partial charge in [0.1, 0.15) is 110 Å². The average Bonchev–Trinajstić information content (AvgIpc) is 1.32. The third kappa shape index (κ3) is 11.9. The predicted molar refractivity (Wildman–Crippen MR) is 287 cm³/mol. The van der Waals surface area contributed by atoms with Crippen LogP contribution in [0, 0.1) is 45.3 Å². The summed E-state index contributed by atoms with van der Waals surface area (Å²) in [6, 6.07) is 0. The van der Waals surface area contributed by atoms with Gasteiger partial charge >= 0.3 is 0 Å². The lowest BCUT2D eigenvalue weighted by atomic mass is 9.35. The van der Waals surface area contributed by atoms with Crippen molar-refractivity contribution in [1.29, 1.82) is 0 Å².